The van der Waals surface area contributed by atoms with Crippen LogP contribution in [0.4, 0.5) is 22.9 Å². The van der Waals surface area contributed by atoms with E-state index in [4.69, 9.17) is 4.74 Å². The zero-order valence-corrected chi connectivity index (χ0v) is 27.6. The first-order valence-electron chi connectivity index (χ1n) is 16.7. The average molecular weight is 649 g/mol. The van der Waals surface area contributed by atoms with Crippen LogP contribution in [0.15, 0.2) is 53.8 Å². The van der Waals surface area contributed by atoms with E-state index in [9.17, 15) is 14.4 Å². The molecule has 0 atom stereocenters. The summed E-state index contributed by atoms with van der Waals surface area (Å²) in [7, 11) is 1.67. The maximum atomic E-state index is 13.8. The van der Waals surface area contributed by atoms with Gasteiger partial charge in [0.2, 0.25) is 0 Å². The van der Waals surface area contributed by atoms with E-state index in [0.717, 1.165) is 64.2 Å². The number of piperazine rings is 1. The number of pyridine rings is 3. The minimum absolute atomic E-state index is 0.136. The zero-order chi connectivity index (χ0) is 33.2. The van der Waals surface area contributed by atoms with E-state index in [1.54, 1.807) is 36.6 Å². The first-order valence-corrected chi connectivity index (χ1v) is 16.7. The van der Waals surface area contributed by atoms with Gasteiger partial charge < -0.3 is 29.0 Å². The molecular weight excluding hydrogens is 608 g/mol. The number of hydrogen-bond acceptors (Lipinski definition) is 9. The van der Waals surface area contributed by atoms with Crippen LogP contribution in [0.5, 0.6) is 0 Å². The lowest BCUT2D eigenvalue weighted by atomic mass is 9.90. The Morgan fingerprint density at radius 1 is 0.979 bits per heavy atom. The Labute approximate surface area is 278 Å². The first kappa shape index (κ1) is 30.5. The molecule has 12 heteroatoms. The van der Waals surface area contributed by atoms with E-state index >= 15 is 0 Å². The van der Waals surface area contributed by atoms with Crippen molar-refractivity contribution >= 4 is 35.1 Å². The summed E-state index contributed by atoms with van der Waals surface area (Å²) in [5, 5.41) is 3.19. The zero-order valence-electron chi connectivity index (χ0n) is 27.6. The molecule has 2 fully saturated rings. The molecule has 0 spiro atoms. The summed E-state index contributed by atoms with van der Waals surface area (Å²) < 4.78 is 8.98. The second-order valence-electron chi connectivity index (χ2n) is 14.2. The van der Waals surface area contributed by atoms with Crippen molar-refractivity contribution in [1.82, 2.24) is 24.0 Å². The second kappa shape index (κ2) is 11.7. The van der Waals surface area contributed by atoms with Crippen molar-refractivity contribution in [3.63, 3.8) is 0 Å². The lowest BCUT2D eigenvalue weighted by Gasteiger charge is -2.43. The summed E-state index contributed by atoms with van der Waals surface area (Å²) in [4.78, 5) is 55.3. The highest BCUT2D eigenvalue weighted by Crippen LogP contribution is 2.40. The van der Waals surface area contributed by atoms with Crippen molar-refractivity contribution in [2.45, 2.75) is 39.3 Å². The maximum absolute atomic E-state index is 13.8. The number of nitrogens with zero attached hydrogens (tertiary/aromatic N) is 7. The van der Waals surface area contributed by atoms with Gasteiger partial charge in [-0.2, -0.15) is 0 Å². The molecule has 3 aliphatic heterocycles. The van der Waals surface area contributed by atoms with Crippen LogP contribution < -0.4 is 20.7 Å². The van der Waals surface area contributed by atoms with Crippen molar-refractivity contribution in [1.29, 1.82) is 0 Å². The van der Waals surface area contributed by atoms with Crippen LogP contribution in [-0.4, -0.2) is 88.2 Å². The van der Waals surface area contributed by atoms with Crippen LogP contribution in [0.25, 0.3) is 11.1 Å². The van der Waals surface area contributed by atoms with Crippen LogP contribution in [0.1, 0.15) is 46.0 Å². The van der Waals surface area contributed by atoms with E-state index in [0.29, 0.717) is 58.7 Å². The lowest BCUT2D eigenvalue weighted by molar-refractivity contribution is -0.0660. The van der Waals surface area contributed by atoms with Gasteiger partial charge in [-0.1, -0.05) is 13.8 Å². The van der Waals surface area contributed by atoms with Crippen molar-refractivity contribution < 1.29 is 14.3 Å². The molecule has 48 heavy (non-hydrogen) atoms. The Balaban J connectivity index is 1.03. The lowest BCUT2D eigenvalue weighted by Crippen LogP contribution is -2.56. The molecule has 12 nitrogen and oxygen atoms in total. The van der Waals surface area contributed by atoms with Crippen molar-refractivity contribution in [2.75, 3.05) is 61.1 Å². The summed E-state index contributed by atoms with van der Waals surface area (Å²) in [6, 6.07) is 8.18. The number of nitrogens with one attached hydrogen (secondary N) is 1. The Morgan fingerprint density at radius 2 is 1.79 bits per heavy atom. The fourth-order valence-electron chi connectivity index (χ4n) is 7.68. The summed E-state index contributed by atoms with van der Waals surface area (Å²) >= 11 is 0. The van der Waals surface area contributed by atoms with Gasteiger partial charge in [0.25, 0.3) is 11.5 Å². The normalized spacial score (nSPS) is 19.2. The van der Waals surface area contributed by atoms with Gasteiger partial charge in [0.05, 0.1) is 43.0 Å². The van der Waals surface area contributed by atoms with E-state index in [1.165, 1.54) is 15.8 Å². The number of rotatable bonds is 7. The Hall–Kier alpha value is -4.81. The average Bonchev–Trinajstić information content (AvgIpc) is 3.55. The third-order valence-corrected chi connectivity index (χ3v) is 10.3. The minimum atomic E-state index is -0.235. The molecule has 7 heterocycles. The van der Waals surface area contributed by atoms with E-state index < -0.39 is 0 Å². The number of aryl methyl sites for hydroxylation is 1. The highest BCUT2D eigenvalue weighted by molar-refractivity contribution is 6.09. The predicted molar refractivity (Wildman–Crippen MR) is 184 cm³/mol. The van der Waals surface area contributed by atoms with Crippen molar-refractivity contribution in [2.24, 2.45) is 12.5 Å². The van der Waals surface area contributed by atoms with E-state index in [1.807, 2.05) is 24.4 Å². The summed E-state index contributed by atoms with van der Waals surface area (Å²) in [5.74, 6) is 0.403. The fourth-order valence-corrected chi connectivity index (χ4v) is 7.68. The smallest absolute Gasteiger partial charge is 0.275 e. The quantitative estimate of drug-likeness (QED) is 0.301. The van der Waals surface area contributed by atoms with Crippen LogP contribution in [0.3, 0.4) is 0 Å². The first-order chi connectivity index (χ1) is 23.2. The third kappa shape index (κ3) is 5.29. The van der Waals surface area contributed by atoms with Crippen LogP contribution >= 0.6 is 0 Å². The molecule has 0 bridgehead atoms. The molecule has 4 aromatic rings. The number of fused-ring (bicyclic) bond motifs is 3. The molecule has 4 aromatic heterocycles. The maximum Gasteiger partial charge on any atom is 0.275 e. The van der Waals surface area contributed by atoms with Gasteiger partial charge in [0.15, 0.2) is 6.29 Å². The Bertz CT molecular complexity index is 1970. The van der Waals surface area contributed by atoms with Crippen LogP contribution in [0, 0.1) is 5.41 Å². The number of hydrogen-bond donors (Lipinski definition) is 1. The number of amides is 1. The largest absolute Gasteiger partial charge is 0.378 e. The molecular formula is C36H40N8O4. The minimum Gasteiger partial charge on any atom is -0.378 e. The fraction of sp³-hybridized carbons (Fsp3) is 0.417. The van der Waals surface area contributed by atoms with Gasteiger partial charge in [-0.15, -0.1) is 0 Å². The number of anilines is 4. The van der Waals surface area contributed by atoms with Crippen LogP contribution in [-0.2, 0) is 31.2 Å². The topological polar surface area (TPSA) is 118 Å². The molecule has 1 amide bonds. The highest BCUT2D eigenvalue weighted by atomic mass is 16.5. The van der Waals surface area contributed by atoms with Gasteiger partial charge in [0.1, 0.15) is 17.2 Å². The molecule has 0 aromatic carbocycles. The van der Waals surface area contributed by atoms with Gasteiger partial charge >= 0.3 is 0 Å². The number of carbonyl (C=O) groups excluding carboxylic acids is 2. The van der Waals surface area contributed by atoms with E-state index in [-0.39, 0.29) is 16.9 Å². The molecule has 0 radical (unpaired) electrons. The summed E-state index contributed by atoms with van der Waals surface area (Å²) in [6.07, 6.45) is 9.37. The highest BCUT2D eigenvalue weighted by Gasteiger charge is 2.37. The number of aromatic nitrogens is 4. The Kier molecular flexibility index (Phi) is 7.44. The molecule has 248 valence electrons. The SMILES string of the molecule is Cn1cc(-c2cncc(N3CCn4c(cc5c4CC(C)(C)C5)C3=O)c2C=O)cc(Nc2ccc(N3CCN(C4COC4)CC3)cn2)c1=O. The monoisotopic (exact) mass is 648 g/mol. The molecule has 4 aliphatic rings. The molecule has 1 aliphatic carbocycles. The number of ether oxygens (including phenoxy) is 1. The van der Waals surface area contributed by atoms with Gasteiger partial charge in [0, 0.05) is 81.1 Å². The standard InChI is InChI=1S/C36H40N8O4/c1-36(2)14-23-13-30-35(47)44(11-10-43(30)31(23)15-36)32-18-37-17-27(28(32)20-45)24-12-29(34(46)40(3)19-24)39-33-5-4-25(16-38-33)41-6-8-42(9-7-41)26-21-48-22-26/h4-5,12-13,16-20,26H,6-11,14-15,21-22H2,1-3H3,(H,38,39). The number of aldehydes is 1. The van der Waals surface area contributed by atoms with Gasteiger partial charge in [-0.25, -0.2) is 4.98 Å². The number of carbonyl (C=O) groups is 2. The van der Waals surface area contributed by atoms with Gasteiger partial charge in [-0.05, 0) is 48.1 Å². The van der Waals surface area contributed by atoms with Gasteiger partial charge in [-0.3, -0.25) is 24.3 Å². The third-order valence-electron chi connectivity index (χ3n) is 10.3. The van der Waals surface area contributed by atoms with Crippen molar-refractivity contribution in [3.8, 4) is 11.1 Å². The van der Waals surface area contributed by atoms with Crippen LogP contribution in [0.2, 0.25) is 0 Å². The Morgan fingerprint density at radius 3 is 2.50 bits per heavy atom. The summed E-state index contributed by atoms with van der Waals surface area (Å²) in [6.45, 7) is 11.1. The molecule has 0 saturated carbocycles. The van der Waals surface area contributed by atoms with E-state index in [2.05, 4.69) is 43.5 Å². The molecule has 0 unspecified atom stereocenters. The second-order valence-corrected chi connectivity index (χ2v) is 14.2. The molecule has 2 saturated heterocycles. The van der Waals surface area contributed by atoms with Crippen molar-refractivity contribution in [3.05, 3.63) is 81.9 Å². The molecule has 1 N–H and O–H groups in total. The summed E-state index contributed by atoms with van der Waals surface area (Å²) in [5.41, 5.74) is 6.43. The molecule has 8 rings (SSSR count). The predicted octanol–water partition coefficient (Wildman–Crippen LogP) is 3.51.